The Balaban J connectivity index is 2.29. The summed E-state index contributed by atoms with van der Waals surface area (Å²) < 4.78 is 5.26. The Morgan fingerprint density at radius 3 is 2.73 bits per heavy atom. The number of rotatable bonds is 1. The molecule has 2 rings (SSSR count). The van der Waals surface area contributed by atoms with E-state index in [0.717, 1.165) is 5.56 Å². The molecule has 0 saturated carbocycles. The Hall–Kier alpha value is -1.22. The minimum atomic E-state index is -0.285. The molecule has 4 heteroatoms. The Morgan fingerprint density at radius 1 is 1.47 bits per heavy atom. The predicted octanol–water partition coefficient (Wildman–Crippen LogP) is 2.85. The summed E-state index contributed by atoms with van der Waals surface area (Å²) >= 11 is 5.89. The molecule has 1 saturated heterocycles. The second kappa shape index (κ2) is 3.74. The molecule has 80 valence electrons. The predicted molar refractivity (Wildman–Crippen MR) is 57.9 cm³/mol. The first-order valence-corrected chi connectivity index (χ1v) is 5.16. The molecule has 0 bridgehead atoms. The number of nitrogens with zero attached hydrogens (tertiary/aromatic N) is 1. The summed E-state index contributed by atoms with van der Waals surface area (Å²) in [5, 5.41) is 0.658. The van der Waals surface area contributed by atoms with Crippen molar-refractivity contribution in [1.82, 2.24) is 4.90 Å². The Morgan fingerprint density at radius 2 is 2.20 bits per heavy atom. The fraction of sp³-hybridized carbons (Fsp3) is 0.364. The molecule has 1 amide bonds. The topological polar surface area (TPSA) is 29.5 Å². The summed E-state index contributed by atoms with van der Waals surface area (Å²) in [6.07, 6.45) is -0.506. The molecule has 1 fully saturated rings. The molecule has 1 aliphatic rings. The lowest BCUT2D eigenvalue weighted by atomic mass is 10.0. The van der Waals surface area contributed by atoms with E-state index < -0.39 is 0 Å². The van der Waals surface area contributed by atoms with Crippen LogP contribution in [0.4, 0.5) is 4.79 Å². The van der Waals surface area contributed by atoms with E-state index in [4.69, 9.17) is 16.3 Å². The van der Waals surface area contributed by atoms with Crippen molar-refractivity contribution in [1.29, 1.82) is 0 Å². The highest BCUT2D eigenvalue weighted by Crippen LogP contribution is 2.32. The van der Waals surface area contributed by atoms with Gasteiger partial charge in [0.15, 0.2) is 0 Å². The van der Waals surface area contributed by atoms with Gasteiger partial charge in [0.1, 0.15) is 6.10 Å². The molecule has 0 spiro atoms. The van der Waals surface area contributed by atoms with E-state index >= 15 is 0 Å². The van der Waals surface area contributed by atoms with E-state index in [0.29, 0.717) is 5.02 Å². The van der Waals surface area contributed by atoms with Crippen LogP contribution in [-0.2, 0) is 4.74 Å². The van der Waals surface area contributed by atoms with Gasteiger partial charge in [-0.2, -0.15) is 0 Å². The zero-order valence-corrected chi connectivity index (χ0v) is 9.36. The quantitative estimate of drug-likeness (QED) is 0.736. The van der Waals surface area contributed by atoms with E-state index in [1.807, 2.05) is 25.1 Å². The molecule has 0 aromatic heterocycles. The molecule has 0 unspecified atom stereocenters. The van der Waals surface area contributed by atoms with E-state index in [1.54, 1.807) is 18.0 Å². The molecule has 2 atom stereocenters. The third-order valence-corrected chi connectivity index (χ3v) is 2.98. The van der Waals surface area contributed by atoms with Crippen molar-refractivity contribution in [2.45, 2.75) is 19.1 Å². The van der Waals surface area contributed by atoms with E-state index in [9.17, 15) is 4.79 Å². The summed E-state index contributed by atoms with van der Waals surface area (Å²) in [4.78, 5) is 12.9. The minimum Gasteiger partial charge on any atom is -0.439 e. The number of likely N-dealkylation sites (N-methyl/N-ethyl adjacent to an activating group) is 1. The number of cyclic esters (lactones) is 1. The van der Waals surface area contributed by atoms with Crippen LogP contribution in [0.5, 0.6) is 0 Å². The van der Waals surface area contributed by atoms with Crippen molar-refractivity contribution >= 4 is 17.7 Å². The second-order valence-corrected chi connectivity index (χ2v) is 4.15. The van der Waals surface area contributed by atoms with Gasteiger partial charge in [-0.25, -0.2) is 4.79 Å². The van der Waals surface area contributed by atoms with Crippen molar-refractivity contribution in [3.05, 3.63) is 34.9 Å². The van der Waals surface area contributed by atoms with Crippen LogP contribution < -0.4 is 0 Å². The molecule has 1 aromatic carbocycles. The van der Waals surface area contributed by atoms with Crippen LogP contribution in [-0.4, -0.2) is 24.1 Å². The first kappa shape index (κ1) is 10.3. The molecular formula is C11H12ClNO2. The monoisotopic (exact) mass is 225 g/mol. The van der Waals surface area contributed by atoms with Crippen molar-refractivity contribution in [3.63, 3.8) is 0 Å². The standard InChI is InChI=1S/C11H12ClNO2/c1-7-10(15-11(14)13(7)2)8-4-3-5-9(12)6-8/h3-7,10H,1-2H3/t7-,10-/m1/s1. The van der Waals surface area contributed by atoms with Crippen molar-refractivity contribution in [2.24, 2.45) is 0 Å². The van der Waals surface area contributed by atoms with Crippen molar-refractivity contribution in [2.75, 3.05) is 7.05 Å². The third kappa shape index (κ3) is 1.79. The first-order chi connectivity index (χ1) is 7.09. The zero-order valence-electron chi connectivity index (χ0n) is 8.61. The third-order valence-electron chi connectivity index (χ3n) is 2.74. The number of benzene rings is 1. The Kier molecular flexibility index (Phi) is 2.57. The van der Waals surface area contributed by atoms with Crippen LogP contribution >= 0.6 is 11.6 Å². The average molecular weight is 226 g/mol. The van der Waals surface area contributed by atoms with Gasteiger partial charge < -0.3 is 9.64 Å². The van der Waals surface area contributed by atoms with E-state index in [2.05, 4.69) is 0 Å². The van der Waals surface area contributed by atoms with Gasteiger partial charge in [-0.05, 0) is 24.6 Å². The lowest BCUT2D eigenvalue weighted by Crippen LogP contribution is -2.27. The summed E-state index contributed by atoms with van der Waals surface area (Å²) in [5.41, 5.74) is 0.938. The highest BCUT2D eigenvalue weighted by Gasteiger charge is 2.37. The number of amides is 1. The lowest BCUT2D eigenvalue weighted by molar-refractivity contribution is 0.131. The van der Waals surface area contributed by atoms with Crippen LogP contribution in [0, 0.1) is 0 Å². The van der Waals surface area contributed by atoms with Crippen LogP contribution in [0.2, 0.25) is 5.02 Å². The maximum absolute atomic E-state index is 11.3. The molecule has 15 heavy (non-hydrogen) atoms. The molecule has 3 nitrogen and oxygen atoms in total. The Bertz CT molecular complexity index is 394. The van der Waals surface area contributed by atoms with Crippen LogP contribution in [0.1, 0.15) is 18.6 Å². The van der Waals surface area contributed by atoms with Gasteiger partial charge in [0.05, 0.1) is 6.04 Å². The molecule has 0 N–H and O–H groups in total. The molecule has 0 radical (unpaired) electrons. The molecule has 1 aromatic rings. The number of ether oxygens (including phenoxy) is 1. The van der Waals surface area contributed by atoms with Gasteiger partial charge in [-0.3, -0.25) is 0 Å². The average Bonchev–Trinajstić information content (AvgIpc) is 2.46. The second-order valence-electron chi connectivity index (χ2n) is 3.71. The normalized spacial score (nSPS) is 25.5. The minimum absolute atomic E-state index is 0.0379. The maximum Gasteiger partial charge on any atom is 0.410 e. The molecular weight excluding hydrogens is 214 g/mol. The first-order valence-electron chi connectivity index (χ1n) is 4.78. The van der Waals surface area contributed by atoms with Crippen LogP contribution in [0.15, 0.2) is 24.3 Å². The highest BCUT2D eigenvalue weighted by molar-refractivity contribution is 6.30. The fourth-order valence-corrected chi connectivity index (χ4v) is 1.89. The summed E-state index contributed by atoms with van der Waals surface area (Å²) in [6.45, 7) is 1.95. The van der Waals surface area contributed by atoms with Gasteiger partial charge in [0, 0.05) is 12.1 Å². The number of halogens is 1. The van der Waals surface area contributed by atoms with Gasteiger partial charge in [0.25, 0.3) is 0 Å². The molecule has 1 heterocycles. The van der Waals surface area contributed by atoms with Gasteiger partial charge in [0.2, 0.25) is 0 Å². The van der Waals surface area contributed by atoms with E-state index in [1.165, 1.54) is 0 Å². The van der Waals surface area contributed by atoms with Crippen molar-refractivity contribution in [3.8, 4) is 0 Å². The maximum atomic E-state index is 11.3. The van der Waals surface area contributed by atoms with Crippen LogP contribution in [0.3, 0.4) is 0 Å². The highest BCUT2D eigenvalue weighted by atomic mass is 35.5. The number of hydrogen-bond acceptors (Lipinski definition) is 2. The number of carbonyl (C=O) groups excluding carboxylic acids is 1. The Labute approximate surface area is 93.6 Å². The van der Waals surface area contributed by atoms with Gasteiger partial charge >= 0.3 is 6.09 Å². The fourth-order valence-electron chi connectivity index (χ4n) is 1.69. The SMILES string of the molecule is C[C@@H]1[C@H](c2cccc(Cl)c2)OC(=O)N1C. The van der Waals surface area contributed by atoms with Crippen LogP contribution in [0.25, 0.3) is 0 Å². The lowest BCUT2D eigenvalue weighted by Gasteiger charge is -2.16. The van der Waals surface area contributed by atoms with Gasteiger partial charge in [-0.1, -0.05) is 23.7 Å². The largest absolute Gasteiger partial charge is 0.439 e. The van der Waals surface area contributed by atoms with Gasteiger partial charge in [-0.15, -0.1) is 0 Å². The number of carbonyl (C=O) groups is 1. The molecule has 1 aliphatic heterocycles. The summed E-state index contributed by atoms with van der Waals surface area (Å²) in [5.74, 6) is 0. The summed E-state index contributed by atoms with van der Waals surface area (Å²) in [7, 11) is 1.73. The summed E-state index contributed by atoms with van der Waals surface area (Å²) in [6, 6.07) is 7.44. The zero-order chi connectivity index (χ0) is 11.0. The smallest absolute Gasteiger partial charge is 0.410 e. The molecule has 0 aliphatic carbocycles. The number of hydrogen-bond donors (Lipinski definition) is 0. The van der Waals surface area contributed by atoms with E-state index in [-0.39, 0.29) is 18.2 Å². The van der Waals surface area contributed by atoms with Crippen molar-refractivity contribution < 1.29 is 9.53 Å².